The Balaban J connectivity index is 2.07. The molecule has 1 aliphatic rings. The number of aryl methyl sites for hydroxylation is 1. The first-order valence-electron chi connectivity index (χ1n) is 7.70. The van der Waals surface area contributed by atoms with E-state index in [9.17, 15) is 0 Å². The van der Waals surface area contributed by atoms with Crippen LogP contribution in [0.4, 0.5) is 0 Å². The van der Waals surface area contributed by atoms with Crippen molar-refractivity contribution in [1.82, 2.24) is 15.1 Å². The van der Waals surface area contributed by atoms with Crippen molar-refractivity contribution >= 4 is 0 Å². The molecule has 19 heavy (non-hydrogen) atoms. The molecule has 1 saturated carbocycles. The Morgan fingerprint density at radius 3 is 2.63 bits per heavy atom. The van der Waals surface area contributed by atoms with Crippen LogP contribution in [0.5, 0.6) is 0 Å². The van der Waals surface area contributed by atoms with Crippen molar-refractivity contribution in [3.05, 3.63) is 18.0 Å². The molecule has 0 radical (unpaired) electrons. The maximum atomic E-state index is 4.66. The van der Waals surface area contributed by atoms with E-state index in [-0.39, 0.29) is 5.54 Å². The van der Waals surface area contributed by atoms with Gasteiger partial charge in [-0.15, -0.1) is 0 Å². The van der Waals surface area contributed by atoms with Gasteiger partial charge in [0.2, 0.25) is 0 Å². The second kappa shape index (κ2) is 6.08. The van der Waals surface area contributed by atoms with Gasteiger partial charge in [0.05, 0.1) is 5.69 Å². The summed E-state index contributed by atoms with van der Waals surface area (Å²) >= 11 is 0. The first kappa shape index (κ1) is 14.6. The van der Waals surface area contributed by atoms with Gasteiger partial charge in [0.15, 0.2) is 0 Å². The Hall–Kier alpha value is -0.830. The van der Waals surface area contributed by atoms with E-state index < -0.39 is 0 Å². The molecule has 1 aromatic heterocycles. The van der Waals surface area contributed by atoms with Gasteiger partial charge >= 0.3 is 0 Å². The van der Waals surface area contributed by atoms with Crippen molar-refractivity contribution < 1.29 is 0 Å². The first-order valence-corrected chi connectivity index (χ1v) is 7.70. The van der Waals surface area contributed by atoms with E-state index in [1.54, 1.807) is 0 Å². The lowest BCUT2D eigenvalue weighted by atomic mass is 9.85. The molecule has 0 aromatic carbocycles. The minimum absolute atomic E-state index is 0.209. The van der Waals surface area contributed by atoms with Gasteiger partial charge in [-0.1, -0.05) is 19.3 Å². The van der Waals surface area contributed by atoms with Crippen LogP contribution in [-0.2, 0) is 7.05 Å². The summed E-state index contributed by atoms with van der Waals surface area (Å²) in [6, 6.07) is 2.21. The minimum Gasteiger partial charge on any atom is -0.312 e. The molecular weight excluding hydrogens is 234 g/mol. The third-order valence-electron chi connectivity index (χ3n) is 4.17. The van der Waals surface area contributed by atoms with Crippen LogP contribution in [-0.4, -0.2) is 21.9 Å². The molecule has 0 saturated heterocycles. The average Bonchev–Trinajstić information content (AvgIpc) is 2.62. The number of hydrogen-bond acceptors (Lipinski definition) is 2. The second-order valence-electron chi connectivity index (χ2n) is 7.05. The molecule has 108 valence electrons. The highest BCUT2D eigenvalue weighted by Crippen LogP contribution is 2.35. The molecule has 0 spiro atoms. The van der Waals surface area contributed by atoms with Crippen LogP contribution in [0.2, 0.25) is 0 Å². The number of hydrogen-bond donors (Lipinski definition) is 1. The lowest BCUT2D eigenvalue weighted by Gasteiger charge is -2.29. The van der Waals surface area contributed by atoms with Crippen molar-refractivity contribution in [2.75, 3.05) is 6.54 Å². The van der Waals surface area contributed by atoms with Crippen LogP contribution >= 0.6 is 0 Å². The van der Waals surface area contributed by atoms with E-state index in [4.69, 9.17) is 0 Å². The summed E-state index contributed by atoms with van der Waals surface area (Å²) < 4.78 is 1.94. The zero-order chi connectivity index (χ0) is 13.9. The van der Waals surface area contributed by atoms with Crippen molar-refractivity contribution in [3.8, 4) is 0 Å². The van der Waals surface area contributed by atoms with Gasteiger partial charge < -0.3 is 5.32 Å². The van der Waals surface area contributed by atoms with E-state index in [0.29, 0.717) is 5.92 Å². The van der Waals surface area contributed by atoms with Crippen molar-refractivity contribution in [2.24, 2.45) is 13.0 Å². The van der Waals surface area contributed by atoms with Crippen LogP contribution in [0.3, 0.4) is 0 Å². The standard InChI is InChI=1S/C16H29N3/c1-16(2,3)17-12-13-8-6-5-7-9-14(13)15-10-11-19(4)18-15/h10-11,13-14,17H,5-9,12H2,1-4H3. The Morgan fingerprint density at radius 2 is 2.00 bits per heavy atom. The number of nitrogens with zero attached hydrogens (tertiary/aromatic N) is 2. The fraction of sp³-hybridized carbons (Fsp3) is 0.812. The molecule has 1 N–H and O–H groups in total. The van der Waals surface area contributed by atoms with Crippen molar-refractivity contribution in [2.45, 2.75) is 64.3 Å². The van der Waals surface area contributed by atoms with Gasteiger partial charge in [0.1, 0.15) is 0 Å². The lowest BCUT2D eigenvalue weighted by Crippen LogP contribution is -2.40. The largest absolute Gasteiger partial charge is 0.312 e. The van der Waals surface area contributed by atoms with Gasteiger partial charge in [-0.05, 0) is 52.1 Å². The van der Waals surface area contributed by atoms with Crippen LogP contribution < -0.4 is 5.32 Å². The summed E-state index contributed by atoms with van der Waals surface area (Å²) in [5.41, 5.74) is 1.51. The van der Waals surface area contributed by atoms with Crippen LogP contribution in [0.1, 0.15) is 64.5 Å². The summed E-state index contributed by atoms with van der Waals surface area (Å²) in [7, 11) is 2.02. The highest BCUT2D eigenvalue weighted by molar-refractivity contribution is 5.09. The molecule has 2 atom stereocenters. The normalized spacial score (nSPS) is 25.3. The molecule has 1 aliphatic carbocycles. The molecule has 3 heteroatoms. The SMILES string of the molecule is Cn1ccc(C2CCCCCC2CNC(C)(C)C)n1. The lowest BCUT2D eigenvalue weighted by molar-refractivity contribution is 0.318. The molecule has 1 heterocycles. The Bertz CT molecular complexity index is 389. The smallest absolute Gasteiger partial charge is 0.0658 e. The van der Waals surface area contributed by atoms with Gasteiger partial charge in [0.25, 0.3) is 0 Å². The third kappa shape index (κ3) is 4.34. The molecule has 2 rings (SSSR count). The Labute approximate surface area is 117 Å². The number of rotatable bonds is 3. The van der Waals surface area contributed by atoms with Crippen LogP contribution in [0, 0.1) is 5.92 Å². The fourth-order valence-electron chi connectivity index (χ4n) is 3.09. The molecule has 2 unspecified atom stereocenters. The topological polar surface area (TPSA) is 29.9 Å². The summed E-state index contributed by atoms with van der Waals surface area (Å²) in [6.45, 7) is 7.86. The van der Waals surface area contributed by atoms with E-state index in [2.05, 4.69) is 43.4 Å². The molecular formula is C16H29N3. The Kier molecular flexibility index (Phi) is 4.67. The number of nitrogens with one attached hydrogen (secondary N) is 1. The first-order chi connectivity index (χ1) is 8.96. The van der Waals surface area contributed by atoms with Gasteiger partial charge in [0, 0.05) is 24.7 Å². The molecule has 1 fully saturated rings. The van der Waals surface area contributed by atoms with Gasteiger partial charge in [-0.3, -0.25) is 4.68 Å². The molecule has 0 aliphatic heterocycles. The molecule has 3 nitrogen and oxygen atoms in total. The quantitative estimate of drug-likeness (QED) is 0.846. The summed E-state index contributed by atoms with van der Waals surface area (Å²) in [4.78, 5) is 0. The monoisotopic (exact) mass is 263 g/mol. The third-order valence-corrected chi connectivity index (χ3v) is 4.17. The average molecular weight is 263 g/mol. The van der Waals surface area contributed by atoms with E-state index in [0.717, 1.165) is 12.5 Å². The zero-order valence-corrected chi connectivity index (χ0v) is 12.9. The minimum atomic E-state index is 0.209. The summed E-state index contributed by atoms with van der Waals surface area (Å²) in [6.07, 6.45) is 8.83. The Morgan fingerprint density at radius 1 is 1.26 bits per heavy atom. The van der Waals surface area contributed by atoms with Crippen molar-refractivity contribution in [3.63, 3.8) is 0 Å². The summed E-state index contributed by atoms with van der Waals surface area (Å²) in [5, 5.41) is 8.35. The molecule has 0 amide bonds. The predicted octanol–water partition coefficient (Wildman–Crippen LogP) is 3.47. The second-order valence-corrected chi connectivity index (χ2v) is 7.05. The van der Waals surface area contributed by atoms with Gasteiger partial charge in [-0.2, -0.15) is 5.10 Å². The number of aromatic nitrogens is 2. The highest BCUT2D eigenvalue weighted by Gasteiger charge is 2.27. The van der Waals surface area contributed by atoms with Gasteiger partial charge in [-0.25, -0.2) is 0 Å². The van der Waals surface area contributed by atoms with Crippen LogP contribution in [0.15, 0.2) is 12.3 Å². The maximum absolute atomic E-state index is 4.66. The predicted molar refractivity (Wildman–Crippen MR) is 80.3 cm³/mol. The fourth-order valence-corrected chi connectivity index (χ4v) is 3.09. The van der Waals surface area contributed by atoms with E-state index in [1.165, 1.54) is 37.8 Å². The molecule has 0 bridgehead atoms. The highest BCUT2D eigenvalue weighted by atomic mass is 15.2. The zero-order valence-electron chi connectivity index (χ0n) is 12.9. The van der Waals surface area contributed by atoms with Crippen LogP contribution in [0.25, 0.3) is 0 Å². The van der Waals surface area contributed by atoms with E-state index >= 15 is 0 Å². The van der Waals surface area contributed by atoms with Crippen molar-refractivity contribution in [1.29, 1.82) is 0 Å². The maximum Gasteiger partial charge on any atom is 0.0658 e. The molecule has 1 aromatic rings. The van der Waals surface area contributed by atoms with E-state index in [1.807, 2.05) is 11.7 Å². The summed E-state index contributed by atoms with van der Waals surface area (Å²) in [5.74, 6) is 1.37.